The largest absolute Gasteiger partial charge is 0.489 e. The topological polar surface area (TPSA) is 9.23 Å². The Morgan fingerprint density at radius 3 is 1.61 bits per heavy atom. The van der Waals surface area contributed by atoms with Crippen LogP contribution in [0.4, 0.5) is 0 Å². The van der Waals surface area contributed by atoms with Crippen molar-refractivity contribution in [1.29, 1.82) is 0 Å². The van der Waals surface area contributed by atoms with E-state index in [1.165, 1.54) is 62.1 Å². The molecule has 0 radical (unpaired) electrons. The molecule has 0 aromatic heterocycles. The Morgan fingerprint density at radius 1 is 0.509 bits per heavy atom. The molecule has 0 aliphatic rings. The van der Waals surface area contributed by atoms with Crippen molar-refractivity contribution in [1.82, 2.24) is 0 Å². The molecular formula is C56H58O. The van der Waals surface area contributed by atoms with Crippen LogP contribution in [0.3, 0.4) is 0 Å². The summed E-state index contributed by atoms with van der Waals surface area (Å²) in [6, 6.07) is 60.7. The second kappa shape index (κ2) is 21.8. The molecule has 0 bridgehead atoms. The summed E-state index contributed by atoms with van der Waals surface area (Å²) in [5.41, 5.74) is 16.2. The average molecular weight is 747 g/mol. The Morgan fingerprint density at radius 2 is 1.02 bits per heavy atom. The summed E-state index contributed by atoms with van der Waals surface area (Å²) < 4.78 is 6.23. The van der Waals surface area contributed by atoms with E-state index in [4.69, 9.17) is 4.74 Å². The summed E-state index contributed by atoms with van der Waals surface area (Å²) in [6.07, 6.45) is 6.98. The van der Waals surface area contributed by atoms with Crippen LogP contribution in [0, 0.1) is 13.8 Å². The highest BCUT2D eigenvalue weighted by Crippen LogP contribution is 2.34. The van der Waals surface area contributed by atoms with Crippen LogP contribution in [0.15, 0.2) is 183 Å². The van der Waals surface area contributed by atoms with E-state index in [1.807, 2.05) is 12.2 Å². The summed E-state index contributed by atoms with van der Waals surface area (Å²) >= 11 is 0. The van der Waals surface area contributed by atoms with Crippen molar-refractivity contribution in [2.45, 2.75) is 66.4 Å². The van der Waals surface area contributed by atoms with Gasteiger partial charge in [0.1, 0.15) is 12.4 Å². The first-order chi connectivity index (χ1) is 27.8. The first-order valence-electron chi connectivity index (χ1n) is 20.3. The van der Waals surface area contributed by atoms with E-state index in [1.54, 1.807) is 0 Å². The van der Waals surface area contributed by atoms with Gasteiger partial charge in [0.05, 0.1) is 0 Å². The SMILES string of the molecule is C=Cc1ccc(COc2ccc(C)c(-c3ccccc3Cc3ccc(C(c4ccccc4)c4ccc(C=C)cc4)cc3)c2)cc1.CCC.CCc1ccc(C)cc1. The average Bonchev–Trinajstić information content (AvgIpc) is 3.26. The Bertz CT molecular complexity index is 2260. The standard InChI is InChI=1S/C44H38O.C9H12.C3H8/c1-4-33-16-18-36(19-17-33)31-45-41-28-15-32(3)43(30-41)42-14-10-9-13-40(42)29-35-22-26-39(27-23-35)44(37-11-7-6-8-12-37)38-24-20-34(5-2)21-25-38;1-3-9-6-4-8(2)5-7-9;1-3-2/h4-28,30,44H,1-2,29,31H2,3H3;4-7H,3H2,1-2H3;3H2,1-2H3. The van der Waals surface area contributed by atoms with Crippen molar-refractivity contribution in [3.05, 3.63) is 244 Å². The van der Waals surface area contributed by atoms with Gasteiger partial charge < -0.3 is 4.74 Å². The predicted octanol–water partition coefficient (Wildman–Crippen LogP) is 15.3. The van der Waals surface area contributed by atoms with E-state index in [9.17, 15) is 0 Å². The normalized spacial score (nSPS) is 10.9. The molecule has 0 N–H and O–H groups in total. The van der Waals surface area contributed by atoms with Crippen LogP contribution in [0.25, 0.3) is 23.3 Å². The minimum absolute atomic E-state index is 0.164. The molecule has 7 aromatic carbocycles. The zero-order valence-corrected chi connectivity index (χ0v) is 34.5. The van der Waals surface area contributed by atoms with E-state index in [-0.39, 0.29) is 5.92 Å². The summed E-state index contributed by atoms with van der Waals surface area (Å²) in [4.78, 5) is 0. The zero-order valence-electron chi connectivity index (χ0n) is 34.5. The van der Waals surface area contributed by atoms with Gasteiger partial charge in [-0.15, -0.1) is 0 Å². The Labute approximate surface area is 343 Å². The molecule has 0 amide bonds. The summed E-state index contributed by atoms with van der Waals surface area (Å²) in [5.74, 6) is 1.03. The smallest absolute Gasteiger partial charge is 0.120 e. The van der Waals surface area contributed by atoms with Gasteiger partial charge in [0.2, 0.25) is 0 Å². The van der Waals surface area contributed by atoms with Gasteiger partial charge in [-0.2, -0.15) is 0 Å². The van der Waals surface area contributed by atoms with Crippen LogP contribution in [0.1, 0.15) is 94.3 Å². The molecule has 7 rings (SSSR count). The van der Waals surface area contributed by atoms with Gasteiger partial charge in [-0.1, -0.05) is 216 Å². The molecule has 0 fully saturated rings. The highest BCUT2D eigenvalue weighted by molar-refractivity contribution is 5.72. The minimum Gasteiger partial charge on any atom is -0.489 e. The predicted molar refractivity (Wildman–Crippen MR) is 247 cm³/mol. The summed E-state index contributed by atoms with van der Waals surface area (Å²) in [6.45, 7) is 19.0. The highest BCUT2D eigenvalue weighted by Gasteiger charge is 2.17. The van der Waals surface area contributed by atoms with Gasteiger partial charge in [0.25, 0.3) is 0 Å². The van der Waals surface area contributed by atoms with Crippen molar-refractivity contribution >= 4 is 12.2 Å². The van der Waals surface area contributed by atoms with Crippen LogP contribution in [-0.4, -0.2) is 0 Å². The van der Waals surface area contributed by atoms with Crippen molar-refractivity contribution in [2.24, 2.45) is 0 Å². The lowest BCUT2D eigenvalue weighted by Crippen LogP contribution is -2.04. The third-order valence-corrected chi connectivity index (χ3v) is 10.0. The minimum atomic E-state index is 0.164. The lowest BCUT2D eigenvalue weighted by molar-refractivity contribution is 0.306. The molecule has 7 aromatic rings. The Balaban J connectivity index is 0.000000446. The maximum absolute atomic E-state index is 6.23. The van der Waals surface area contributed by atoms with Gasteiger partial charge in [0, 0.05) is 5.92 Å². The van der Waals surface area contributed by atoms with Crippen LogP contribution < -0.4 is 4.74 Å². The summed E-state index contributed by atoms with van der Waals surface area (Å²) in [5, 5.41) is 0. The highest BCUT2D eigenvalue weighted by atomic mass is 16.5. The Kier molecular flexibility index (Phi) is 16.0. The molecule has 0 saturated carbocycles. The van der Waals surface area contributed by atoms with E-state index in [0.717, 1.165) is 35.3 Å². The van der Waals surface area contributed by atoms with Gasteiger partial charge in [-0.05, 0) is 106 Å². The number of hydrogen-bond acceptors (Lipinski definition) is 1. The summed E-state index contributed by atoms with van der Waals surface area (Å²) in [7, 11) is 0. The van der Waals surface area contributed by atoms with Crippen LogP contribution >= 0.6 is 0 Å². The maximum Gasteiger partial charge on any atom is 0.120 e. The van der Waals surface area contributed by atoms with Crippen LogP contribution in [0.5, 0.6) is 5.75 Å². The fraction of sp³-hybridized carbons (Fsp3) is 0.179. The molecule has 1 nitrogen and oxygen atoms in total. The van der Waals surface area contributed by atoms with Crippen LogP contribution in [-0.2, 0) is 19.4 Å². The quantitative estimate of drug-likeness (QED) is 0.113. The number of rotatable bonds is 12. The third-order valence-electron chi connectivity index (χ3n) is 10.0. The molecule has 1 heteroatoms. The molecule has 57 heavy (non-hydrogen) atoms. The molecule has 1 atom stereocenters. The molecule has 0 saturated heterocycles. The van der Waals surface area contributed by atoms with Crippen molar-refractivity contribution < 1.29 is 4.74 Å². The third kappa shape index (κ3) is 12.2. The number of benzene rings is 7. The zero-order chi connectivity index (χ0) is 40.4. The van der Waals surface area contributed by atoms with E-state index in [2.05, 4.69) is 218 Å². The first-order valence-corrected chi connectivity index (χ1v) is 20.3. The van der Waals surface area contributed by atoms with Gasteiger partial charge in [-0.3, -0.25) is 0 Å². The monoisotopic (exact) mass is 746 g/mol. The van der Waals surface area contributed by atoms with E-state index < -0.39 is 0 Å². The van der Waals surface area contributed by atoms with E-state index in [0.29, 0.717) is 6.61 Å². The number of ether oxygens (including phenoxy) is 1. The molecule has 0 spiro atoms. The van der Waals surface area contributed by atoms with Crippen molar-refractivity contribution in [3.8, 4) is 16.9 Å². The maximum atomic E-state index is 6.23. The van der Waals surface area contributed by atoms with Gasteiger partial charge >= 0.3 is 0 Å². The number of hydrogen-bond donors (Lipinski definition) is 0. The number of aryl methyl sites for hydroxylation is 3. The lowest BCUT2D eigenvalue weighted by Gasteiger charge is -2.20. The van der Waals surface area contributed by atoms with Crippen molar-refractivity contribution in [2.75, 3.05) is 0 Å². The Hall–Kier alpha value is -6.18. The van der Waals surface area contributed by atoms with E-state index >= 15 is 0 Å². The molecule has 1 unspecified atom stereocenters. The van der Waals surface area contributed by atoms with Gasteiger partial charge in [0.15, 0.2) is 0 Å². The van der Waals surface area contributed by atoms with Crippen LogP contribution in [0.2, 0.25) is 0 Å². The first kappa shape index (κ1) is 42.0. The second-order valence-electron chi connectivity index (χ2n) is 14.5. The molecule has 0 heterocycles. The molecule has 288 valence electrons. The molecule has 0 aliphatic carbocycles. The molecule has 0 aliphatic heterocycles. The van der Waals surface area contributed by atoms with Crippen molar-refractivity contribution in [3.63, 3.8) is 0 Å². The lowest BCUT2D eigenvalue weighted by atomic mass is 9.84. The molecular weight excluding hydrogens is 689 g/mol. The fourth-order valence-corrected chi connectivity index (χ4v) is 6.75. The van der Waals surface area contributed by atoms with Gasteiger partial charge in [-0.25, -0.2) is 0 Å². The fourth-order valence-electron chi connectivity index (χ4n) is 6.75. The second-order valence-corrected chi connectivity index (χ2v) is 14.5.